The van der Waals surface area contributed by atoms with Crippen molar-refractivity contribution in [3.63, 3.8) is 0 Å². The molecule has 0 bridgehead atoms. The van der Waals surface area contributed by atoms with Gasteiger partial charge in [0.1, 0.15) is 5.82 Å². The van der Waals surface area contributed by atoms with Crippen molar-refractivity contribution in [1.29, 1.82) is 0 Å². The number of benzene rings is 3. The van der Waals surface area contributed by atoms with E-state index in [1.807, 2.05) is 30.3 Å². The highest BCUT2D eigenvalue weighted by Gasteiger charge is 2.17. The van der Waals surface area contributed by atoms with Gasteiger partial charge in [-0.1, -0.05) is 0 Å². The van der Waals surface area contributed by atoms with E-state index in [0.717, 1.165) is 10.5 Å². The maximum atomic E-state index is 13.0. The topological polar surface area (TPSA) is 86.5 Å². The predicted molar refractivity (Wildman–Crippen MR) is 116 cm³/mol. The summed E-state index contributed by atoms with van der Waals surface area (Å²) in [5, 5.41) is 11.0. The van der Waals surface area contributed by atoms with E-state index in [0.29, 0.717) is 40.3 Å². The molecule has 32 heavy (non-hydrogen) atoms. The molecule has 0 radical (unpaired) electrons. The lowest BCUT2D eigenvalue weighted by molar-refractivity contribution is 0.102. The third-order valence-corrected chi connectivity index (χ3v) is 5.66. The molecular formula is C23H16FN3O4S. The summed E-state index contributed by atoms with van der Waals surface area (Å²) in [6.07, 6.45) is 0. The number of carbonyl (C=O) groups is 1. The van der Waals surface area contributed by atoms with Gasteiger partial charge in [-0.15, -0.1) is 22.0 Å². The van der Waals surface area contributed by atoms with Gasteiger partial charge in [-0.2, -0.15) is 0 Å². The first kappa shape index (κ1) is 20.1. The lowest BCUT2D eigenvalue weighted by Gasteiger charge is -2.06. The van der Waals surface area contributed by atoms with Crippen molar-refractivity contribution >= 4 is 23.4 Å². The highest BCUT2D eigenvalue weighted by molar-refractivity contribution is 7.98. The van der Waals surface area contributed by atoms with Gasteiger partial charge in [0.2, 0.25) is 18.6 Å². The summed E-state index contributed by atoms with van der Waals surface area (Å²) in [6, 6.07) is 18.2. The molecule has 160 valence electrons. The summed E-state index contributed by atoms with van der Waals surface area (Å²) in [5.74, 6) is 2.08. The summed E-state index contributed by atoms with van der Waals surface area (Å²) < 4.78 is 29.4. The summed E-state index contributed by atoms with van der Waals surface area (Å²) in [5.41, 5.74) is 1.80. The van der Waals surface area contributed by atoms with Crippen molar-refractivity contribution in [2.24, 2.45) is 0 Å². The van der Waals surface area contributed by atoms with Crippen LogP contribution in [-0.2, 0) is 5.75 Å². The Hall–Kier alpha value is -3.85. The number of aromatic nitrogens is 2. The van der Waals surface area contributed by atoms with E-state index in [2.05, 4.69) is 15.5 Å². The summed E-state index contributed by atoms with van der Waals surface area (Å²) >= 11 is 1.53. The van der Waals surface area contributed by atoms with Gasteiger partial charge in [-0.3, -0.25) is 4.79 Å². The van der Waals surface area contributed by atoms with Gasteiger partial charge in [0, 0.05) is 21.7 Å². The molecule has 0 atom stereocenters. The zero-order valence-corrected chi connectivity index (χ0v) is 17.4. The van der Waals surface area contributed by atoms with Crippen LogP contribution in [0.1, 0.15) is 16.2 Å². The molecule has 0 unspecified atom stereocenters. The Morgan fingerprint density at radius 1 is 0.969 bits per heavy atom. The molecule has 1 amide bonds. The van der Waals surface area contributed by atoms with Crippen LogP contribution in [0.3, 0.4) is 0 Å². The van der Waals surface area contributed by atoms with Crippen LogP contribution < -0.4 is 14.8 Å². The number of hydrogen-bond donors (Lipinski definition) is 1. The quantitative estimate of drug-likeness (QED) is 0.408. The Balaban J connectivity index is 1.18. The van der Waals surface area contributed by atoms with Crippen molar-refractivity contribution in [1.82, 2.24) is 10.2 Å². The van der Waals surface area contributed by atoms with Crippen LogP contribution in [0.2, 0.25) is 0 Å². The molecular weight excluding hydrogens is 433 g/mol. The van der Waals surface area contributed by atoms with E-state index in [9.17, 15) is 9.18 Å². The second-order valence-electron chi connectivity index (χ2n) is 6.84. The highest BCUT2D eigenvalue weighted by atomic mass is 32.2. The number of halogens is 1. The molecule has 1 N–H and O–H groups in total. The molecule has 2 heterocycles. The molecule has 0 spiro atoms. The SMILES string of the molecule is O=C(Nc1ccc(SCc2nnc(-c3ccc4c(c3)OCO4)o2)cc1)c1ccc(F)cc1. The fourth-order valence-electron chi connectivity index (χ4n) is 3.04. The van der Waals surface area contributed by atoms with E-state index in [1.165, 1.54) is 36.0 Å². The lowest BCUT2D eigenvalue weighted by atomic mass is 10.2. The first-order valence-corrected chi connectivity index (χ1v) is 10.6. The minimum Gasteiger partial charge on any atom is -0.454 e. The van der Waals surface area contributed by atoms with Crippen molar-refractivity contribution < 1.29 is 23.1 Å². The average molecular weight is 449 g/mol. The third kappa shape index (κ3) is 4.42. The number of anilines is 1. The number of nitrogens with one attached hydrogen (secondary N) is 1. The number of hydrogen-bond acceptors (Lipinski definition) is 7. The molecule has 5 rings (SSSR count). The smallest absolute Gasteiger partial charge is 0.255 e. The van der Waals surface area contributed by atoms with Crippen LogP contribution in [0.25, 0.3) is 11.5 Å². The normalized spacial score (nSPS) is 12.0. The third-order valence-electron chi connectivity index (χ3n) is 4.67. The van der Waals surface area contributed by atoms with E-state index in [-0.39, 0.29) is 18.5 Å². The summed E-state index contributed by atoms with van der Waals surface area (Å²) in [4.78, 5) is 13.2. The van der Waals surface area contributed by atoms with Gasteiger partial charge in [-0.25, -0.2) is 4.39 Å². The molecule has 1 aliphatic heterocycles. The van der Waals surface area contributed by atoms with Crippen LogP contribution in [0.5, 0.6) is 11.5 Å². The van der Waals surface area contributed by atoms with Crippen LogP contribution in [0, 0.1) is 5.82 Å². The largest absolute Gasteiger partial charge is 0.454 e. The molecule has 1 aliphatic rings. The van der Waals surface area contributed by atoms with Crippen molar-refractivity contribution in [2.75, 3.05) is 12.1 Å². The van der Waals surface area contributed by atoms with E-state index >= 15 is 0 Å². The molecule has 7 nitrogen and oxygen atoms in total. The van der Waals surface area contributed by atoms with Gasteiger partial charge >= 0.3 is 0 Å². The van der Waals surface area contributed by atoms with Crippen LogP contribution in [-0.4, -0.2) is 22.9 Å². The number of nitrogens with zero attached hydrogens (tertiary/aromatic N) is 2. The van der Waals surface area contributed by atoms with Crippen molar-refractivity contribution in [3.05, 3.63) is 84.0 Å². The van der Waals surface area contributed by atoms with E-state index in [1.54, 1.807) is 12.1 Å². The molecule has 0 saturated heterocycles. The first-order chi connectivity index (χ1) is 15.6. The van der Waals surface area contributed by atoms with Gasteiger partial charge in [0.25, 0.3) is 5.91 Å². The number of amides is 1. The van der Waals surface area contributed by atoms with Crippen LogP contribution in [0.4, 0.5) is 10.1 Å². The Bertz CT molecular complexity index is 1260. The maximum absolute atomic E-state index is 13.0. The number of ether oxygens (including phenoxy) is 2. The van der Waals surface area contributed by atoms with Crippen molar-refractivity contribution in [2.45, 2.75) is 10.6 Å². The summed E-state index contributed by atoms with van der Waals surface area (Å²) in [6.45, 7) is 0.208. The van der Waals surface area contributed by atoms with E-state index in [4.69, 9.17) is 13.9 Å². The maximum Gasteiger partial charge on any atom is 0.255 e. The van der Waals surface area contributed by atoms with E-state index < -0.39 is 0 Å². The average Bonchev–Trinajstić information content (AvgIpc) is 3.48. The fourth-order valence-corrected chi connectivity index (χ4v) is 3.78. The van der Waals surface area contributed by atoms with Gasteiger partial charge in [0.05, 0.1) is 5.75 Å². The highest BCUT2D eigenvalue weighted by Crippen LogP contribution is 2.35. The fraction of sp³-hybridized carbons (Fsp3) is 0.0870. The molecule has 0 saturated carbocycles. The summed E-state index contributed by atoms with van der Waals surface area (Å²) in [7, 11) is 0. The molecule has 0 fully saturated rings. The minimum absolute atomic E-state index is 0.208. The van der Waals surface area contributed by atoms with Crippen molar-refractivity contribution in [3.8, 4) is 23.0 Å². The number of carbonyl (C=O) groups excluding carboxylic acids is 1. The monoisotopic (exact) mass is 449 g/mol. The second kappa shape index (κ2) is 8.72. The van der Waals surface area contributed by atoms with Crippen LogP contribution in [0.15, 0.2) is 76.0 Å². The Morgan fingerprint density at radius 2 is 1.75 bits per heavy atom. The van der Waals surface area contributed by atoms with Gasteiger partial charge in [0.15, 0.2) is 11.5 Å². The number of fused-ring (bicyclic) bond motifs is 1. The Labute approximate surface area is 186 Å². The number of thioether (sulfide) groups is 1. The zero-order valence-electron chi connectivity index (χ0n) is 16.6. The Morgan fingerprint density at radius 3 is 2.56 bits per heavy atom. The van der Waals surface area contributed by atoms with Crippen LogP contribution >= 0.6 is 11.8 Å². The lowest BCUT2D eigenvalue weighted by Crippen LogP contribution is -2.11. The molecule has 0 aliphatic carbocycles. The Kier molecular flexibility index (Phi) is 5.47. The zero-order chi connectivity index (χ0) is 21.9. The van der Waals surface area contributed by atoms with Gasteiger partial charge in [-0.05, 0) is 66.7 Å². The molecule has 3 aromatic carbocycles. The first-order valence-electron chi connectivity index (χ1n) is 9.66. The standard InChI is InChI=1S/C23H16FN3O4S/c24-16-4-1-14(2-5-16)22(28)25-17-6-8-18(9-7-17)32-12-21-26-27-23(31-21)15-3-10-19-20(11-15)30-13-29-19/h1-11H,12-13H2,(H,25,28). The molecule has 9 heteroatoms. The minimum atomic E-state index is -0.382. The van der Waals surface area contributed by atoms with Gasteiger partial charge < -0.3 is 19.2 Å². The molecule has 1 aromatic heterocycles. The predicted octanol–water partition coefficient (Wildman–Crippen LogP) is 5.15. The number of rotatable bonds is 6. The molecule has 4 aromatic rings. The second-order valence-corrected chi connectivity index (χ2v) is 7.89.